The molecule has 1 unspecified atom stereocenters. The van der Waals surface area contributed by atoms with E-state index in [0.717, 1.165) is 46.5 Å². The molecule has 29 heavy (non-hydrogen) atoms. The minimum atomic E-state index is -0.230. The minimum absolute atomic E-state index is 0. The lowest BCUT2D eigenvalue weighted by molar-refractivity contribution is 0.611. The molecule has 1 aliphatic rings. The molecule has 0 N–H and O–H groups in total. The summed E-state index contributed by atoms with van der Waals surface area (Å²) in [6.45, 7) is 7.21. The number of rotatable bonds is 3. The summed E-state index contributed by atoms with van der Waals surface area (Å²) >= 11 is 6.17. The summed E-state index contributed by atoms with van der Waals surface area (Å²) in [6.07, 6.45) is 1.53. The van der Waals surface area contributed by atoms with E-state index >= 15 is 0 Å². The van der Waals surface area contributed by atoms with E-state index in [1.54, 1.807) is 12.1 Å². The summed E-state index contributed by atoms with van der Waals surface area (Å²) in [7, 11) is 0. The van der Waals surface area contributed by atoms with Crippen molar-refractivity contribution in [2.45, 2.75) is 39.7 Å². The first-order valence-electron chi connectivity index (χ1n) is 9.56. The van der Waals surface area contributed by atoms with Crippen LogP contribution in [0.25, 0.3) is 0 Å². The van der Waals surface area contributed by atoms with Crippen LogP contribution in [0.1, 0.15) is 46.7 Å². The van der Waals surface area contributed by atoms with Gasteiger partial charge in [-0.05, 0) is 68.1 Å². The van der Waals surface area contributed by atoms with Gasteiger partial charge in [-0.15, -0.1) is 12.4 Å². The van der Waals surface area contributed by atoms with Crippen molar-refractivity contribution in [1.82, 2.24) is 9.97 Å². The summed E-state index contributed by atoms with van der Waals surface area (Å²) < 4.78 is 13.2. The van der Waals surface area contributed by atoms with Gasteiger partial charge in [-0.25, -0.2) is 14.4 Å². The van der Waals surface area contributed by atoms with Gasteiger partial charge in [0.15, 0.2) is 0 Å². The second-order valence-electron chi connectivity index (χ2n) is 7.44. The van der Waals surface area contributed by atoms with Crippen molar-refractivity contribution in [3.8, 4) is 0 Å². The zero-order chi connectivity index (χ0) is 19.8. The van der Waals surface area contributed by atoms with Crippen LogP contribution in [0.5, 0.6) is 0 Å². The van der Waals surface area contributed by atoms with Gasteiger partial charge in [-0.3, -0.25) is 0 Å². The first kappa shape index (κ1) is 21.5. The van der Waals surface area contributed by atoms with Crippen LogP contribution >= 0.6 is 24.0 Å². The standard InChI is InChI=1S/C23H23ClFN3.ClH/c1-14-15(2)26-22(12-17-4-7-20(25)8-5-17)27-23(14)28-11-10-18-13-19(24)6-9-21(18)16(28)3;/h4-9,13,16H,10-12H2,1-3H3;1H. The van der Waals surface area contributed by atoms with Crippen molar-refractivity contribution in [2.24, 2.45) is 0 Å². The van der Waals surface area contributed by atoms with E-state index in [1.807, 2.05) is 13.0 Å². The monoisotopic (exact) mass is 431 g/mol. The predicted molar refractivity (Wildman–Crippen MR) is 119 cm³/mol. The average Bonchev–Trinajstić information content (AvgIpc) is 2.67. The Morgan fingerprint density at radius 1 is 1.10 bits per heavy atom. The molecule has 0 radical (unpaired) electrons. The molecule has 4 rings (SSSR count). The van der Waals surface area contributed by atoms with Crippen LogP contribution in [0.15, 0.2) is 42.5 Å². The van der Waals surface area contributed by atoms with Crippen LogP contribution in [0, 0.1) is 19.7 Å². The number of aromatic nitrogens is 2. The summed E-state index contributed by atoms with van der Waals surface area (Å²) in [5.74, 6) is 1.52. The van der Waals surface area contributed by atoms with Crippen LogP contribution in [-0.4, -0.2) is 16.5 Å². The summed E-state index contributed by atoms with van der Waals surface area (Å²) in [5.41, 5.74) is 5.70. The zero-order valence-corrected chi connectivity index (χ0v) is 18.3. The van der Waals surface area contributed by atoms with E-state index in [4.69, 9.17) is 16.6 Å². The van der Waals surface area contributed by atoms with Crippen molar-refractivity contribution in [3.05, 3.63) is 87.1 Å². The molecule has 1 aliphatic heterocycles. The Balaban J connectivity index is 0.00000240. The Morgan fingerprint density at radius 3 is 2.55 bits per heavy atom. The SMILES string of the molecule is Cc1nc(Cc2ccc(F)cc2)nc(N2CCc3cc(Cl)ccc3C2C)c1C.Cl. The molecule has 0 saturated heterocycles. The summed E-state index contributed by atoms with van der Waals surface area (Å²) in [5, 5.41) is 0.787. The van der Waals surface area contributed by atoms with Crippen LogP contribution in [0.4, 0.5) is 10.2 Å². The Hall–Kier alpha value is -2.17. The van der Waals surface area contributed by atoms with E-state index in [2.05, 4.69) is 35.9 Å². The molecule has 152 valence electrons. The molecule has 0 aliphatic carbocycles. The molecule has 3 aromatic rings. The highest BCUT2D eigenvalue weighted by Gasteiger charge is 2.27. The maximum Gasteiger partial charge on any atom is 0.136 e. The van der Waals surface area contributed by atoms with Crippen molar-refractivity contribution >= 4 is 29.8 Å². The van der Waals surface area contributed by atoms with Crippen molar-refractivity contribution in [2.75, 3.05) is 11.4 Å². The molecule has 0 amide bonds. The van der Waals surface area contributed by atoms with E-state index in [0.29, 0.717) is 6.42 Å². The lowest BCUT2D eigenvalue weighted by Crippen LogP contribution is -2.35. The highest BCUT2D eigenvalue weighted by atomic mass is 35.5. The smallest absolute Gasteiger partial charge is 0.136 e. The number of aryl methyl sites for hydroxylation is 1. The highest BCUT2D eigenvalue weighted by molar-refractivity contribution is 6.30. The fourth-order valence-electron chi connectivity index (χ4n) is 3.90. The van der Waals surface area contributed by atoms with Crippen LogP contribution in [0.3, 0.4) is 0 Å². The number of anilines is 1. The third kappa shape index (κ3) is 4.39. The fourth-order valence-corrected chi connectivity index (χ4v) is 4.10. The van der Waals surface area contributed by atoms with Crippen molar-refractivity contribution < 1.29 is 4.39 Å². The molecule has 0 bridgehead atoms. The van der Waals surface area contributed by atoms with E-state index in [-0.39, 0.29) is 24.3 Å². The number of halogens is 3. The molecule has 1 aromatic heterocycles. The Kier molecular flexibility index (Phi) is 6.45. The molecule has 6 heteroatoms. The van der Waals surface area contributed by atoms with Crippen LogP contribution in [-0.2, 0) is 12.8 Å². The summed E-state index contributed by atoms with van der Waals surface area (Å²) in [4.78, 5) is 11.9. The average molecular weight is 432 g/mol. The highest BCUT2D eigenvalue weighted by Crippen LogP contribution is 2.35. The molecule has 2 heterocycles. The second-order valence-corrected chi connectivity index (χ2v) is 7.88. The van der Waals surface area contributed by atoms with Crippen LogP contribution < -0.4 is 4.90 Å². The minimum Gasteiger partial charge on any atom is -0.349 e. The van der Waals surface area contributed by atoms with Gasteiger partial charge in [0.25, 0.3) is 0 Å². The second kappa shape index (κ2) is 8.68. The van der Waals surface area contributed by atoms with Gasteiger partial charge in [-0.2, -0.15) is 0 Å². The summed E-state index contributed by atoms with van der Waals surface area (Å²) in [6, 6.07) is 12.9. The number of hydrogen-bond acceptors (Lipinski definition) is 3. The number of fused-ring (bicyclic) bond motifs is 1. The Labute approximate surface area is 182 Å². The zero-order valence-electron chi connectivity index (χ0n) is 16.7. The molecule has 0 saturated carbocycles. The van der Waals surface area contributed by atoms with Gasteiger partial charge in [0.2, 0.25) is 0 Å². The molecule has 0 fully saturated rings. The molecular weight excluding hydrogens is 408 g/mol. The lowest BCUT2D eigenvalue weighted by atomic mass is 9.93. The maximum absolute atomic E-state index is 13.2. The van der Waals surface area contributed by atoms with Gasteiger partial charge in [0, 0.05) is 29.2 Å². The lowest BCUT2D eigenvalue weighted by Gasteiger charge is -2.37. The predicted octanol–water partition coefficient (Wildman–Crippen LogP) is 6.02. The molecule has 1 atom stereocenters. The molecular formula is C23H24Cl2FN3. The van der Waals surface area contributed by atoms with Gasteiger partial charge in [0.05, 0.1) is 6.04 Å². The Morgan fingerprint density at radius 2 is 1.83 bits per heavy atom. The van der Waals surface area contributed by atoms with Gasteiger partial charge >= 0.3 is 0 Å². The number of hydrogen-bond donors (Lipinski definition) is 0. The topological polar surface area (TPSA) is 29.0 Å². The maximum atomic E-state index is 13.2. The third-order valence-corrected chi connectivity index (χ3v) is 5.84. The van der Waals surface area contributed by atoms with Gasteiger partial charge < -0.3 is 4.90 Å². The van der Waals surface area contributed by atoms with Gasteiger partial charge in [-0.1, -0.05) is 29.8 Å². The van der Waals surface area contributed by atoms with E-state index < -0.39 is 0 Å². The first-order valence-corrected chi connectivity index (χ1v) is 9.93. The largest absolute Gasteiger partial charge is 0.349 e. The normalized spacial score (nSPS) is 15.6. The quantitative estimate of drug-likeness (QED) is 0.507. The fraction of sp³-hybridized carbons (Fsp3) is 0.304. The number of nitrogens with zero attached hydrogens (tertiary/aromatic N) is 3. The first-order chi connectivity index (χ1) is 13.4. The van der Waals surface area contributed by atoms with Crippen molar-refractivity contribution in [3.63, 3.8) is 0 Å². The van der Waals surface area contributed by atoms with E-state index in [9.17, 15) is 4.39 Å². The Bertz CT molecular complexity index is 1020. The third-order valence-electron chi connectivity index (χ3n) is 5.60. The number of benzene rings is 2. The van der Waals surface area contributed by atoms with Crippen LogP contribution in [0.2, 0.25) is 5.02 Å². The molecule has 3 nitrogen and oxygen atoms in total. The molecule has 0 spiro atoms. The molecule has 2 aromatic carbocycles. The van der Waals surface area contributed by atoms with E-state index in [1.165, 1.54) is 23.3 Å². The van der Waals surface area contributed by atoms with Gasteiger partial charge in [0.1, 0.15) is 17.5 Å². The van der Waals surface area contributed by atoms with Crippen molar-refractivity contribution in [1.29, 1.82) is 0 Å².